The average Bonchev–Trinajstić information content (AvgIpc) is 2.73. The van der Waals surface area contributed by atoms with Crippen molar-refractivity contribution in [1.82, 2.24) is 5.32 Å². The molecule has 0 spiro atoms. The van der Waals surface area contributed by atoms with Crippen molar-refractivity contribution in [2.45, 2.75) is 19.5 Å². The molecule has 0 aliphatic heterocycles. The minimum atomic E-state index is -0.230. The predicted octanol–water partition coefficient (Wildman–Crippen LogP) is 5.36. The molecular weight excluding hydrogens is 341 g/mol. The fraction of sp³-hybridized carbons (Fsp3) is 0.217. The molecule has 3 rings (SSSR count). The summed E-state index contributed by atoms with van der Waals surface area (Å²) in [4.78, 5) is 0. The molecule has 0 aliphatic rings. The van der Waals surface area contributed by atoms with Crippen LogP contribution in [0.3, 0.4) is 0 Å². The first-order valence-corrected chi connectivity index (χ1v) is 8.91. The topological polar surface area (TPSA) is 30.5 Å². The molecule has 0 amide bonds. The zero-order valence-corrected chi connectivity index (χ0v) is 15.8. The molecule has 0 bridgehead atoms. The second-order valence-corrected chi connectivity index (χ2v) is 6.42. The molecule has 3 nitrogen and oxygen atoms in total. The summed E-state index contributed by atoms with van der Waals surface area (Å²) in [5, 5.41) is 3.49. The van der Waals surface area contributed by atoms with Gasteiger partial charge in [-0.1, -0.05) is 30.3 Å². The molecule has 0 saturated heterocycles. The third-order valence-electron chi connectivity index (χ3n) is 4.66. The van der Waals surface area contributed by atoms with Crippen molar-refractivity contribution in [1.29, 1.82) is 0 Å². The van der Waals surface area contributed by atoms with Crippen molar-refractivity contribution in [2.24, 2.45) is 0 Å². The standard InChI is InChI=1S/C23H24FNO2/c1-16(18-5-9-20(26-2)10-6-18)25-15-17-4-13-23(24)22(14-17)19-7-11-21(27-3)12-8-19/h4-14,16,25H,15H2,1-3H3/t16-/m1/s1. The molecule has 4 heteroatoms. The van der Waals surface area contributed by atoms with Crippen molar-refractivity contribution in [3.8, 4) is 22.6 Å². The molecule has 1 N–H and O–H groups in total. The van der Waals surface area contributed by atoms with Crippen LogP contribution >= 0.6 is 0 Å². The summed E-state index contributed by atoms with van der Waals surface area (Å²) >= 11 is 0. The highest BCUT2D eigenvalue weighted by Gasteiger charge is 2.09. The number of ether oxygens (including phenoxy) is 2. The quantitative estimate of drug-likeness (QED) is 0.611. The lowest BCUT2D eigenvalue weighted by molar-refractivity contribution is 0.414. The van der Waals surface area contributed by atoms with E-state index in [-0.39, 0.29) is 11.9 Å². The minimum Gasteiger partial charge on any atom is -0.497 e. The molecule has 1 atom stereocenters. The van der Waals surface area contributed by atoms with Gasteiger partial charge in [0.1, 0.15) is 17.3 Å². The Morgan fingerprint density at radius 3 is 2.04 bits per heavy atom. The lowest BCUT2D eigenvalue weighted by atomic mass is 10.0. The lowest BCUT2D eigenvalue weighted by Crippen LogP contribution is -2.18. The van der Waals surface area contributed by atoms with E-state index in [0.29, 0.717) is 12.1 Å². The van der Waals surface area contributed by atoms with Crippen molar-refractivity contribution < 1.29 is 13.9 Å². The second-order valence-electron chi connectivity index (χ2n) is 6.42. The van der Waals surface area contributed by atoms with Gasteiger partial charge in [-0.15, -0.1) is 0 Å². The normalized spacial score (nSPS) is 11.9. The van der Waals surface area contributed by atoms with Crippen LogP contribution in [0.25, 0.3) is 11.1 Å². The van der Waals surface area contributed by atoms with E-state index in [1.165, 1.54) is 11.6 Å². The Morgan fingerprint density at radius 1 is 0.852 bits per heavy atom. The molecule has 0 fully saturated rings. The summed E-state index contributed by atoms with van der Waals surface area (Å²) in [5.41, 5.74) is 3.63. The van der Waals surface area contributed by atoms with Gasteiger partial charge >= 0.3 is 0 Å². The summed E-state index contributed by atoms with van der Waals surface area (Å²) in [5.74, 6) is 1.37. The highest BCUT2D eigenvalue weighted by Crippen LogP contribution is 2.26. The molecule has 0 aromatic heterocycles. The van der Waals surface area contributed by atoms with Crippen LogP contribution in [0.1, 0.15) is 24.1 Å². The molecule has 3 aromatic carbocycles. The van der Waals surface area contributed by atoms with E-state index < -0.39 is 0 Å². The van der Waals surface area contributed by atoms with Crippen LogP contribution in [0.5, 0.6) is 11.5 Å². The van der Waals surface area contributed by atoms with Crippen LogP contribution in [0.2, 0.25) is 0 Å². The van der Waals surface area contributed by atoms with Crippen molar-refractivity contribution in [2.75, 3.05) is 14.2 Å². The maximum atomic E-state index is 14.3. The monoisotopic (exact) mass is 365 g/mol. The SMILES string of the molecule is COc1ccc(-c2cc(CN[C@H](C)c3ccc(OC)cc3)ccc2F)cc1. The smallest absolute Gasteiger partial charge is 0.131 e. The number of methoxy groups -OCH3 is 2. The van der Waals surface area contributed by atoms with Gasteiger partial charge in [-0.25, -0.2) is 4.39 Å². The van der Waals surface area contributed by atoms with E-state index in [4.69, 9.17) is 9.47 Å². The maximum Gasteiger partial charge on any atom is 0.131 e. The number of rotatable bonds is 7. The number of hydrogen-bond acceptors (Lipinski definition) is 3. The van der Waals surface area contributed by atoms with E-state index in [1.54, 1.807) is 14.2 Å². The van der Waals surface area contributed by atoms with E-state index in [9.17, 15) is 4.39 Å². The lowest BCUT2D eigenvalue weighted by Gasteiger charge is -2.15. The fourth-order valence-electron chi connectivity index (χ4n) is 2.96. The van der Waals surface area contributed by atoms with E-state index in [1.807, 2.05) is 60.7 Å². The Kier molecular flexibility index (Phi) is 6.09. The molecule has 27 heavy (non-hydrogen) atoms. The van der Waals surface area contributed by atoms with Crippen LogP contribution in [0.15, 0.2) is 66.7 Å². The highest BCUT2D eigenvalue weighted by molar-refractivity contribution is 5.65. The van der Waals surface area contributed by atoms with Gasteiger partial charge in [0.2, 0.25) is 0 Å². The van der Waals surface area contributed by atoms with Gasteiger partial charge in [0.15, 0.2) is 0 Å². The van der Waals surface area contributed by atoms with Crippen molar-refractivity contribution in [3.05, 3.63) is 83.7 Å². The molecule has 0 saturated carbocycles. The third-order valence-corrected chi connectivity index (χ3v) is 4.66. The maximum absolute atomic E-state index is 14.3. The van der Waals surface area contributed by atoms with Crippen molar-refractivity contribution >= 4 is 0 Å². The molecule has 0 unspecified atom stereocenters. The van der Waals surface area contributed by atoms with Gasteiger partial charge in [0.25, 0.3) is 0 Å². The Bertz CT molecular complexity index is 876. The van der Waals surface area contributed by atoms with Gasteiger partial charge in [-0.05, 0) is 60.0 Å². The first-order chi connectivity index (χ1) is 13.1. The van der Waals surface area contributed by atoms with Gasteiger partial charge in [0.05, 0.1) is 14.2 Å². The Morgan fingerprint density at radius 2 is 1.44 bits per heavy atom. The molecule has 0 aliphatic carbocycles. The van der Waals surface area contributed by atoms with E-state index in [0.717, 1.165) is 22.6 Å². The molecule has 0 heterocycles. The number of nitrogens with one attached hydrogen (secondary N) is 1. The van der Waals surface area contributed by atoms with Crippen LogP contribution in [-0.2, 0) is 6.54 Å². The first kappa shape index (κ1) is 18.9. The summed E-state index contributed by atoms with van der Waals surface area (Å²) in [6, 6.07) is 20.8. The third kappa shape index (κ3) is 4.66. The number of halogens is 1. The number of benzene rings is 3. The summed E-state index contributed by atoms with van der Waals surface area (Å²) in [7, 11) is 3.28. The molecule has 3 aromatic rings. The van der Waals surface area contributed by atoms with Gasteiger partial charge < -0.3 is 14.8 Å². The zero-order chi connectivity index (χ0) is 19.2. The van der Waals surface area contributed by atoms with Crippen LogP contribution in [0.4, 0.5) is 4.39 Å². The molecule has 0 radical (unpaired) electrons. The first-order valence-electron chi connectivity index (χ1n) is 8.91. The Labute approximate surface area is 159 Å². The van der Waals surface area contributed by atoms with Crippen LogP contribution in [-0.4, -0.2) is 14.2 Å². The highest BCUT2D eigenvalue weighted by atomic mass is 19.1. The summed E-state index contributed by atoms with van der Waals surface area (Å²) < 4.78 is 24.7. The Balaban J connectivity index is 1.71. The van der Waals surface area contributed by atoms with Crippen LogP contribution < -0.4 is 14.8 Å². The number of hydrogen-bond donors (Lipinski definition) is 1. The second kappa shape index (κ2) is 8.69. The fourth-order valence-corrected chi connectivity index (χ4v) is 2.96. The van der Waals surface area contributed by atoms with E-state index in [2.05, 4.69) is 12.2 Å². The minimum absolute atomic E-state index is 0.172. The largest absolute Gasteiger partial charge is 0.497 e. The molecular formula is C23H24FNO2. The molecule has 140 valence electrons. The van der Waals surface area contributed by atoms with Gasteiger partial charge in [0, 0.05) is 18.2 Å². The zero-order valence-electron chi connectivity index (χ0n) is 15.8. The van der Waals surface area contributed by atoms with E-state index >= 15 is 0 Å². The Hall–Kier alpha value is -2.85. The van der Waals surface area contributed by atoms with Gasteiger partial charge in [-0.2, -0.15) is 0 Å². The average molecular weight is 365 g/mol. The van der Waals surface area contributed by atoms with Gasteiger partial charge in [-0.3, -0.25) is 0 Å². The van der Waals surface area contributed by atoms with Crippen LogP contribution in [0, 0.1) is 5.82 Å². The van der Waals surface area contributed by atoms with Crippen molar-refractivity contribution in [3.63, 3.8) is 0 Å². The predicted molar refractivity (Wildman–Crippen MR) is 107 cm³/mol. The summed E-state index contributed by atoms with van der Waals surface area (Å²) in [6.07, 6.45) is 0. The summed E-state index contributed by atoms with van der Waals surface area (Å²) in [6.45, 7) is 2.76.